The molecule has 20 heavy (non-hydrogen) atoms. The highest BCUT2D eigenvalue weighted by Crippen LogP contribution is 2.34. The number of nitrogens with one attached hydrogen (secondary N) is 1. The Morgan fingerprint density at radius 2 is 1.95 bits per heavy atom. The van der Waals surface area contributed by atoms with Crippen molar-refractivity contribution in [2.75, 3.05) is 0 Å². The zero-order valence-electron chi connectivity index (χ0n) is 10.9. The van der Waals surface area contributed by atoms with Crippen LogP contribution in [0.5, 0.6) is 0 Å². The van der Waals surface area contributed by atoms with Crippen LogP contribution in [0.4, 0.5) is 13.2 Å². The van der Waals surface area contributed by atoms with Crippen LogP contribution in [-0.4, -0.2) is 0 Å². The molecule has 0 radical (unpaired) electrons. The fraction of sp³-hybridized carbons (Fsp3) is 0.286. The summed E-state index contributed by atoms with van der Waals surface area (Å²) in [6.07, 6.45) is -4.15. The number of thiophene rings is 1. The number of hydrogen-bond acceptors (Lipinski definition) is 3. The Bertz CT molecular complexity index is 578. The number of aryl methyl sites for hydroxylation is 1. The van der Waals surface area contributed by atoms with Crippen molar-refractivity contribution < 1.29 is 13.2 Å². The van der Waals surface area contributed by atoms with Crippen molar-refractivity contribution in [3.63, 3.8) is 0 Å². The second-order valence-corrected chi connectivity index (χ2v) is 5.49. The lowest BCUT2D eigenvalue weighted by atomic mass is 9.98. The van der Waals surface area contributed by atoms with Gasteiger partial charge in [0.2, 0.25) is 0 Å². The van der Waals surface area contributed by atoms with Crippen LogP contribution in [-0.2, 0) is 12.6 Å². The highest BCUT2D eigenvalue weighted by atomic mass is 32.1. The molecule has 2 aromatic rings. The maximum absolute atomic E-state index is 13.0. The second-order valence-electron chi connectivity index (χ2n) is 4.55. The average molecular weight is 300 g/mol. The molecule has 1 aromatic carbocycles. The molecule has 2 nitrogen and oxygen atoms in total. The summed E-state index contributed by atoms with van der Waals surface area (Å²) in [7, 11) is 0. The first-order valence-corrected chi connectivity index (χ1v) is 6.96. The molecule has 2 rings (SSSR count). The standard InChI is InChI=1S/C14H15F3N2S/c1-9-6-7-20-13(9)12(19-18)8-10-4-2-3-5-11(10)14(15,16)17/h2-7,12,19H,8,18H2,1H3. The smallest absolute Gasteiger partial charge is 0.271 e. The molecule has 6 heteroatoms. The van der Waals surface area contributed by atoms with Gasteiger partial charge < -0.3 is 0 Å². The van der Waals surface area contributed by atoms with Gasteiger partial charge in [0, 0.05) is 4.88 Å². The Hall–Kier alpha value is -1.37. The highest BCUT2D eigenvalue weighted by molar-refractivity contribution is 7.10. The molecule has 0 amide bonds. The second kappa shape index (κ2) is 5.95. The van der Waals surface area contributed by atoms with E-state index in [4.69, 9.17) is 5.84 Å². The molecule has 1 unspecified atom stereocenters. The van der Waals surface area contributed by atoms with Crippen molar-refractivity contribution in [2.24, 2.45) is 5.84 Å². The van der Waals surface area contributed by atoms with Crippen molar-refractivity contribution in [2.45, 2.75) is 25.6 Å². The molecule has 0 bridgehead atoms. The largest absolute Gasteiger partial charge is 0.416 e. The van der Waals surface area contributed by atoms with Crippen molar-refractivity contribution in [3.8, 4) is 0 Å². The van der Waals surface area contributed by atoms with Gasteiger partial charge in [-0.2, -0.15) is 13.2 Å². The van der Waals surface area contributed by atoms with E-state index < -0.39 is 11.7 Å². The van der Waals surface area contributed by atoms with Crippen LogP contribution in [0.15, 0.2) is 35.7 Å². The minimum absolute atomic E-state index is 0.202. The predicted molar refractivity (Wildman–Crippen MR) is 74.3 cm³/mol. The number of benzene rings is 1. The Morgan fingerprint density at radius 1 is 1.25 bits per heavy atom. The number of nitrogens with two attached hydrogens (primary N) is 1. The lowest BCUT2D eigenvalue weighted by Crippen LogP contribution is -2.30. The molecular formula is C14H15F3N2S. The van der Waals surface area contributed by atoms with Crippen LogP contribution < -0.4 is 11.3 Å². The maximum Gasteiger partial charge on any atom is 0.416 e. The summed E-state index contributed by atoms with van der Waals surface area (Å²) in [5.41, 5.74) is 3.29. The van der Waals surface area contributed by atoms with Crippen LogP contribution in [0.1, 0.15) is 27.6 Å². The van der Waals surface area contributed by atoms with E-state index in [1.165, 1.54) is 23.5 Å². The lowest BCUT2D eigenvalue weighted by Gasteiger charge is -2.19. The topological polar surface area (TPSA) is 38.0 Å². The van der Waals surface area contributed by atoms with Gasteiger partial charge in [0.15, 0.2) is 0 Å². The molecule has 0 aliphatic heterocycles. The Labute approximate surface area is 119 Å². The zero-order chi connectivity index (χ0) is 14.8. The molecule has 108 valence electrons. The van der Waals surface area contributed by atoms with Gasteiger partial charge in [0.1, 0.15) is 0 Å². The Balaban J connectivity index is 2.32. The SMILES string of the molecule is Cc1ccsc1C(Cc1ccccc1C(F)(F)F)NN. The Morgan fingerprint density at radius 3 is 2.50 bits per heavy atom. The number of halogens is 3. The summed E-state index contributed by atoms with van der Waals surface area (Å²) in [5, 5.41) is 1.91. The summed E-state index contributed by atoms with van der Waals surface area (Å²) < 4.78 is 38.9. The van der Waals surface area contributed by atoms with E-state index in [-0.39, 0.29) is 18.0 Å². The predicted octanol–water partition coefficient (Wildman–Crippen LogP) is 3.82. The van der Waals surface area contributed by atoms with Gasteiger partial charge in [0.05, 0.1) is 11.6 Å². The van der Waals surface area contributed by atoms with Gasteiger partial charge in [-0.1, -0.05) is 18.2 Å². The van der Waals surface area contributed by atoms with Gasteiger partial charge in [-0.15, -0.1) is 11.3 Å². The molecule has 0 spiro atoms. The van der Waals surface area contributed by atoms with E-state index in [2.05, 4.69) is 5.43 Å². The van der Waals surface area contributed by atoms with Gasteiger partial charge in [-0.25, -0.2) is 0 Å². The van der Waals surface area contributed by atoms with E-state index in [1.54, 1.807) is 6.07 Å². The summed E-state index contributed by atoms with van der Waals surface area (Å²) in [6.45, 7) is 1.92. The van der Waals surface area contributed by atoms with Crippen LogP contribution in [0.2, 0.25) is 0 Å². The molecule has 0 fully saturated rings. The third-order valence-corrected chi connectivity index (χ3v) is 4.30. The van der Waals surface area contributed by atoms with E-state index in [0.29, 0.717) is 0 Å². The van der Waals surface area contributed by atoms with Crippen molar-refractivity contribution in [1.82, 2.24) is 5.43 Å². The van der Waals surface area contributed by atoms with Crippen LogP contribution in [0.25, 0.3) is 0 Å². The molecule has 1 atom stereocenters. The van der Waals surface area contributed by atoms with Crippen LogP contribution >= 0.6 is 11.3 Å². The Kier molecular flexibility index (Phi) is 4.47. The lowest BCUT2D eigenvalue weighted by molar-refractivity contribution is -0.138. The molecule has 1 heterocycles. The van der Waals surface area contributed by atoms with Crippen molar-refractivity contribution in [3.05, 3.63) is 57.3 Å². The quantitative estimate of drug-likeness (QED) is 0.665. The summed E-state index contributed by atoms with van der Waals surface area (Å²) >= 11 is 1.49. The van der Waals surface area contributed by atoms with Crippen LogP contribution in [0.3, 0.4) is 0 Å². The zero-order valence-corrected chi connectivity index (χ0v) is 11.7. The number of rotatable bonds is 4. The highest BCUT2D eigenvalue weighted by Gasteiger charge is 2.33. The van der Waals surface area contributed by atoms with Gasteiger partial charge in [0.25, 0.3) is 0 Å². The van der Waals surface area contributed by atoms with Crippen molar-refractivity contribution >= 4 is 11.3 Å². The third kappa shape index (κ3) is 3.20. The minimum Gasteiger partial charge on any atom is -0.271 e. The summed E-state index contributed by atoms with van der Waals surface area (Å²) in [6, 6.07) is 7.21. The maximum atomic E-state index is 13.0. The van der Waals surface area contributed by atoms with Gasteiger partial charge in [-0.05, 0) is 42.0 Å². The molecule has 0 aliphatic carbocycles. The molecule has 1 aromatic heterocycles. The molecule has 0 saturated heterocycles. The van der Waals surface area contributed by atoms with E-state index in [0.717, 1.165) is 16.5 Å². The summed E-state index contributed by atoms with van der Waals surface area (Å²) in [5.74, 6) is 5.52. The number of alkyl halides is 3. The summed E-state index contributed by atoms with van der Waals surface area (Å²) in [4.78, 5) is 0.962. The molecule has 3 N–H and O–H groups in total. The first-order chi connectivity index (χ1) is 9.43. The van der Waals surface area contributed by atoms with Crippen LogP contribution in [0, 0.1) is 6.92 Å². The average Bonchev–Trinajstić information content (AvgIpc) is 2.81. The normalized spacial score (nSPS) is 13.4. The number of hydrazine groups is 1. The third-order valence-electron chi connectivity index (χ3n) is 3.17. The fourth-order valence-electron chi connectivity index (χ4n) is 2.16. The van der Waals surface area contributed by atoms with E-state index >= 15 is 0 Å². The van der Waals surface area contributed by atoms with Gasteiger partial charge >= 0.3 is 6.18 Å². The fourth-order valence-corrected chi connectivity index (χ4v) is 3.15. The molecular weight excluding hydrogens is 285 g/mol. The molecule has 0 aliphatic rings. The first kappa shape index (κ1) is 15.0. The van der Waals surface area contributed by atoms with Gasteiger partial charge in [-0.3, -0.25) is 11.3 Å². The first-order valence-electron chi connectivity index (χ1n) is 6.08. The molecule has 0 saturated carbocycles. The number of hydrogen-bond donors (Lipinski definition) is 2. The monoisotopic (exact) mass is 300 g/mol. The van der Waals surface area contributed by atoms with E-state index in [1.807, 2.05) is 18.4 Å². The minimum atomic E-state index is -4.35. The van der Waals surface area contributed by atoms with Crippen molar-refractivity contribution in [1.29, 1.82) is 0 Å². The van der Waals surface area contributed by atoms with E-state index in [9.17, 15) is 13.2 Å².